The molecule has 1 unspecified atom stereocenters. The third kappa shape index (κ3) is 7.19. The lowest BCUT2D eigenvalue weighted by atomic mass is 9.78. The maximum atomic E-state index is 13.8. The van der Waals surface area contributed by atoms with Crippen LogP contribution in [0.25, 0.3) is 0 Å². The molecule has 1 atom stereocenters. The minimum absolute atomic E-state index is 0.0764. The molecule has 0 radical (unpaired) electrons. The SMILES string of the molecule is CC(NCC1(CS(=O)(=O)Cc2cc(F)cc(F)c2)CN(C(c2ccc(Cl)cc2)c2ccc(Cl)cc2)C1)C1CC1. The topological polar surface area (TPSA) is 49.4 Å². The van der Waals surface area contributed by atoms with E-state index >= 15 is 0 Å². The monoisotopic (exact) mass is 592 g/mol. The molecule has 5 rings (SSSR count). The van der Waals surface area contributed by atoms with Crippen LogP contribution in [0.3, 0.4) is 0 Å². The van der Waals surface area contributed by atoms with Crippen molar-refractivity contribution >= 4 is 33.0 Å². The molecule has 0 spiro atoms. The summed E-state index contributed by atoms with van der Waals surface area (Å²) >= 11 is 12.3. The predicted octanol–water partition coefficient (Wildman–Crippen LogP) is 6.67. The molecule has 0 aromatic heterocycles. The highest BCUT2D eigenvalue weighted by Gasteiger charge is 2.49. The Hall–Kier alpha value is -2.03. The highest BCUT2D eigenvalue weighted by atomic mass is 35.5. The molecule has 3 aromatic carbocycles. The smallest absolute Gasteiger partial charge is 0.155 e. The standard InChI is InChI=1S/C30H32Cl2F2N2O2S/c1-20(22-2-3-22)35-16-30(19-39(37,38)15-21-12-27(33)14-28(34)13-21)17-36(18-30)29(23-4-8-25(31)9-5-23)24-6-10-26(32)11-7-24/h4-14,20,22,29,35H,2-3,15-19H2,1H3. The van der Waals surface area contributed by atoms with E-state index in [1.807, 2.05) is 48.5 Å². The molecule has 1 heterocycles. The van der Waals surface area contributed by atoms with E-state index in [0.717, 1.165) is 29.3 Å². The average molecular weight is 594 g/mol. The Morgan fingerprint density at radius 3 is 1.92 bits per heavy atom. The number of rotatable bonds is 11. The molecule has 1 aliphatic heterocycles. The summed E-state index contributed by atoms with van der Waals surface area (Å²) in [6.45, 7) is 3.79. The average Bonchev–Trinajstić information content (AvgIpc) is 3.68. The Bertz CT molecular complexity index is 1340. The second-order valence-electron chi connectivity index (χ2n) is 11.2. The number of likely N-dealkylation sites (tertiary alicyclic amines) is 1. The summed E-state index contributed by atoms with van der Waals surface area (Å²) in [6.07, 6.45) is 2.37. The summed E-state index contributed by atoms with van der Waals surface area (Å²) < 4.78 is 54.3. The first-order valence-corrected chi connectivity index (χ1v) is 15.7. The number of sulfone groups is 1. The van der Waals surface area contributed by atoms with E-state index in [0.29, 0.717) is 41.6 Å². The van der Waals surface area contributed by atoms with E-state index in [1.165, 1.54) is 12.8 Å². The lowest BCUT2D eigenvalue weighted by Gasteiger charge is -2.54. The van der Waals surface area contributed by atoms with Crippen LogP contribution in [-0.4, -0.2) is 44.7 Å². The van der Waals surface area contributed by atoms with Crippen LogP contribution in [0.4, 0.5) is 8.78 Å². The second kappa shape index (κ2) is 11.5. The van der Waals surface area contributed by atoms with Gasteiger partial charge in [0, 0.05) is 47.2 Å². The quantitative estimate of drug-likeness (QED) is 0.270. The third-order valence-corrected chi connectivity index (χ3v) is 10.1. The van der Waals surface area contributed by atoms with Crippen molar-refractivity contribution in [3.8, 4) is 0 Å². The summed E-state index contributed by atoms with van der Waals surface area (Å²) in [7, 11) is -3.66. The Labute approximate surface area is 239 Å². The molecule has 1 aliphatic carbocycles. The zero-order valence-electron chi connectivity index (χ0n) is 21.7. The number of hydrogen-bond acceptors (Lipinski definition) is 4. The molecule has 0 bridgehead atoms. The number of hydrogen-bond donors (Lipinski definition) is 1. The summed E-state index contributed by atoms with van der Waals surface area (Å²) in [6, 6.07) is 18.5. The van der Waals surface area contributed by atoms with Crippen LogP contribution in [0.1, 0.15) is 42.5 Å². The van der Waals surface area contributed by atoms with Gasteiger partial charge < -0.3 is 5.32 Å². The van der Waals surface area contributed by atoms with Gasteiger partial charge in [-0.3, -0.25) is 4.90 Å². The third-order valence-electron chi connectivity index (χ3n) is 7.78. The first-order chi connectivity index (χ1) is 18.5. The van der Waals surface area contributed by atoms with E-state index in [-0.39, 0.29) is 17.4 Å². The zero-order chi connectivity index (χ0) is 27.8. The highest BCUT2D eigenvalue weighted by Crippen LogP contribution is 2.42. The summed E-state index contributed by atoms with van der Waals surface area (Å²) in [5.74, 6) is -1.41. The van der Waals surface area contributed by atoms with Gasteiger partial charge >= 0.3 is 0 Å². The van der Waals surface area contributed by atoms with Crippen molar-refractivity contribution in [1.82, 2.24) is 10.2 Å². The van der Waals surface area contributed by atoms with Crippen molar-refractivity contribution in [2.24, 2.45) is 11.3 Å². The lowest BCUT2D eigenvalue weighted by Crippen LogP contribution is -2.64. The van der Waals surface area contributed by atoms with Gasteiger partial charge in [0.2, 0.25) is 0 Å². The Morgan fingerprint density at radius 2 is 1.44 bits per heavy atom. The van der Waals surface area contributed by atoms with Gasteiger partial charge in [0.15, 0.2) is 9.84 Å². The first kappa shape index (κ1) is 28.5. The fourth-order valence-corrected chi connectivity index (χ4v) is 8.01. The van der Waals surface area contributed by atoms with Gasteiger partial charge in [-0.2, -0.15) is 0 Å². The van der Waals surface area contributed by atoms with Crippen molar-refractivity contribution in [3.05, 3.63) is 105 Å². The van der Waals surface area contributed by atoms with Crippen molar-refractivity contribution in [3.63, 3.8) is 0 Å². The maximum absolute atomic E-state index is 13.8. The van der Waals surface area contributed by atoms with Crippen molar-refractivity contribution < 1.29 is 17.2 Å². The van der Waals surface area contributed by atoms with E-state index < -0.39 is 32.6 Å². The number of halogens is 4. The van der Waals surface area contributed by atoms with Gasteiger partial charge in [-0.25, -0.2) is 17.2 Å². The number of benzene rings is 3. The minimum Gasteiger partial charge on any atom is -0.313 e. The van der Waals surface area contributed by atoms with E-state index in [1.54, 1.807) is 0 Å². The molecule has 0 amide bonds. The molecule has 4 nitrogen and oxygen atoms in total. The van der Waals surface area contributed by atoms with E-state index in [4.69, 9.17) is 23.2 Å². The van der Waals surface area contributed by atoms with Crippen LogP contribution in [0.15, 0.2) is 66.7 Å². The van der Waals surface area contributed by atoms with Gasteiger partial charge in [-0.15, -0.1) is 0 Å². The summed E-state index contributed by atoms with van der Waals surface area (Å²) in [5.41, 5.74) is 1.68. The summed E-state index contributed by atoms with van der Waals surface area (Å²) in [5, 5.41) is 4.89. The van der Waals surface area contributed by atoms with Crippen LogP contribution < -0.4 is 5.32 Å². The molecule has 2 aliphatic rings. The van der Waals surface area contributed by atoms with Gasteiger partial charge in [-0.1, -0.05) is 47.5 Å². The van der Waals surface area contributed by atoms with Crippen molar-refractivity contribution in [1.29, 1.82) is 0 Å². The fraction of sp³-hybridized carbons (Fsp3) is 0.400. The molecule has 3 aromatic rings. The van der Waals surface area contributed by atoms with Gasteiger partial charge in [-0.05, 0) is 78.8 Å². The normalized spacial score (nSPS) is 18.2. The molecular weight excluding hydrogens is 561 g/mol. The molecule has 1 saturated heterocycles. The van der Waals surface area contributed by atoms with E-state index in [9.17, 15) is 17.2 Å². The highest BCUT2D eigenvalue weighted by molar-refractivity contribution is 7.90. The van der Waals surface area contributed by atoms with Crippen molar-refractivity contribution in [2.75, 3.05) is 25.4 Å². The predicted molar refractivity (Wildman–Crippen MR) is 153 cm³/mol. The molecule has 1 N–H and O–H groups in total. The van der Waals surface area contributed by atoms with Gasteiger partial charge in [0.25, 0.3) is 0 Å². The zero-order valence-corrected chi connectivity index (χ0v) is 24.0. The van der Waals surface area contributed by atoms with Gasteiger partial charge in [0.1, 0.15) is 11.6 Å². The lowest BCUT2D eigenvalue weighted by molar-refractivity contribution is -0.00640. The van der Waals surface area contributed by atoms with E-state index in [2.05, 4.69) is 17.1 Å². The number of nitrogens with one attached hydrogen (secondary N) is 1. The molecule has 39 heavy (non-hydrogen) atoms. The fourth-order valence-electron chi connectivity index (χ4n) is 5.76. The molecule has 208 valence electrons. The Kier molecular flexibility index (Phi) is 8.37. The molecular formula is C30H32Cl2F2N2O2S. The first-order valence-electron chi connectivity index (χ1n) is 13.1. The van der Waals surface area contributed by atoms with Gasteiger partial charge in [0.05, 0.1) is 17.5 Å². The van der Waals surface area contributed by atoms with Crippen molar-refractivity contribution in [2.45, 2.75) is 37.6 Å². The van der Waals surface area contributed by atoms with Crippen LogP contribution in [0.2, 0.25) is 10.0 Å². The van der Waals surface area contributed by atoms with Crippen LogP contribution in [-0.2, 0) is 15.6 Å². The Morgan fingerprint density at radius 1 is 0.923 bits per heavy atom. The Balaban J connectivity index is 1.39. The van der Waals surface area contributed by atoms with Crippen LogP contribution in [0.5, 0.6) is 0 Å². The minimum atomic E-state index is -3.66. The van der Waals surface area contributed by atoms with Crippen LogP contribution >= 0.6 is 23.2 Å². The van der Waals surface area contributed by atoms with Crippen LogP contribution in [0, 0.1) is 23.0 Å². The largest absolute Gasteiger partial charge is 0.313 e. The molecule has 1 saturated carbocycles. The number of nitrogens with zero attached hydrogens (tertiary/aromatic N) is 1. The second-order valence-corrected chi connectivity index (χ2v) is 14.2. The molecule has 2 fully saturated rings. The summed E-state index contributed by atoms with van der Waals surface area (Å²) in [4.78, 5) is 2.27. The molecule has 9 heteroatoms. The maximum Gasteiger partial charge on any atom is 0.155 e.